The average Bonchev–Trinajstić information content (AvgIpc) is 2.91. The Morgan fingerprint density at radius 1 is 1.47 bits per heavy atom. The molecule has 1 N–H and O–H groups in total. The zero-order valence-electron chi connectivity index (χ0n) is 9.78. The monoisotopic (exact) mass is 325 g/mol. The number of benzene rings is 1. The summed E-state index contributed by atoms with van der Waals surface area (Å²) in [5.74, 6) is -1.22. The molecule has 1 fully saturated rings. The van der Waals surface area contributed by atoms with Crippen LogP contribution in [0, 0.1) is 11.7 Å². The summed E-state index contributed by atoms with van der Waals surface area (Å²) in [6, 6.07) is 1.61. The Morgan fingerprint density at radius 2 is 2.05 bits per heavy atom. The fourth-order valence-corrected chi connectivity index (χ4v) is 3.17. The van der Waals surface area contributed by atoms with Gasteiger partial charge in [0.25, 0.3) is 15.0 Å². The molecule has 0 aromatic heterocycles. The summed E-state index contributed by atoms with van der Waals surface area (Å²) in [5.41, 5.74) is -0.386. The van der Waals surface area contributed by atoms with Gasteiger partial charge in [0, 0.05) is 16.7 Å². The highest BCUT2D eigenvalue weighted by Gasteiger charge is 2.34. The molecule has 2 atom stereocenters. The quantitative estimate of drug-likeness (QED) is 0.868. The van der Waals surface area contributed by atoms with Crippen LogP contribution < -0.4 is 5.32 Å². The minimum atomic E-state index is -4.14. The summed E-state index contributed by atoms with van der Waals surface area (Å²) < 4.78 is 36.2. The van der Waals surface area contributed by atoms with Crippen LogP contribution in [0.3, 0.4) is 0 Å². The second kappa shape index (κ2) is 4.92. The molecule has 1 amide bonds. The van der Waals surface area contributed by atoms with Crippen molar-refractivity contribution < 1.29 is 17.6 Å². The molecule has 1 aromatic rings. The topological polar surface area (TPSA) is 63.2 Å². The van der Waals surface area contributed by atoms with E-state index in [1.54, 1.807) is 0 Å². The molecule has 8 heteroatoms. The van der Waals surface area contributed by atoms with E-state index in [1.807, 2.05) is 6.92 Å². The van der Waals surface area contributed by atoms with Gasteiger partial charge < -0.3 is 5.32 Å². The standard InChI is InChI=1S/C11H10Cl2FNO3S/c1-5-2-9(5)15-11(16)6-3-10(19(13,17)18)7(12)4-8(6)14/h3-5,9H,2H2,1H3,(H,15,16). The van der Waals surface area contributed by atoms with Crippen LogP contribution in [0.1, 0.15) is 23.7 Å². The van der Waals surface area contributed by atoms with E-state index in [2.05, 4.69) is 5.32 Å². The van der Waals surface area contributed by atoms with Crippen LogP contribution in [0.25, 0.3) is 0 Å². The third-order valence-corrected chi connectivity index (χ3v) is 4.74. The highest BCUT2D eigenvalue weighted by atomic mass is 35.7. The van der Waals surface area contributed by atoms with Gasteiger partial charge in [-0.1, -0.05) is 18.5 Å². The first-order valence-electron chi connectivity index (χ1n) is 5.44. The fourth-order valence-electron chi connectivity index (χ4n) is 1.66. The Kier molecular flexibility index (Phi) is 3.77. The van der Waals surface area contributed by atoms with Crippen molar-refractivity contribution in [3.05, 3.63) is 28.5 Å². The molecule has 0 bridgehead atoms. The zero-order valence-corrected chi connectivity index (χ0v) is 12.1. The summed E-state index contributed by atoms with van der Waals surface area (Å²) in [6.45, 7) is 1.94. The molecule has 104 valence electrons. The van der Waals surface area contributed by atoms with Crippen molar-refractivity contribution in [3.63, 3.8) is 0 Å². The first-order valence-corrected chi connectivity index (χ1v) is 8.13. The van der Waals surface area contributed by atoms with Gasteiger partial charge in [-0.2, -0.15) is 0 Å². The summed E-state index contributed by atoms with van der Waals surface area (Å²) in [7, 11) is 1.03. The molecular formula is C11H10Cl2FNO3S. The van der Waals surface area contributed by atoms with E-state index < -0.39 is 25.7 Å². The van der Waals surface area contributed by atoms with Gasteiger partial charge in [-0.3, -0.25) is 4.79 Å². The van der Waals surface area contributed by atoms with Gasteiger partial charge in [0.1, 0.15) is 10.7 Å². The molecule has 0 saturated heterocycles. The molecule has 19 heavy (non-hydrogen) atoms. The summed E-state index contributed by atoms with van der Waals surface area (Å²) in [4.78, 5) is 11.3. The van der Waals surface area contributed by atoms with E-state index >= 15 is 0 Å². The van der Waals surface area contributed by atoms with Crippen LogP contribution in [0.4, 0.5) is 4.39 Å². The van der Waals surface area contributed by atoms with Gasteiger partial charge in [0.15, 0.2) is 0 Å². The maximum absolute atomic E-state index is 13.7. The van der Waals surface area contributed by atoms with Crippen molar-refractivity contribution in [3.8, 4) is 0 Å². The van der Waals surface area contributed by atoms with Crippen molar-refractivity contribution in [2.75, 3.05) is 0 Å². The van der Waals surface area contributed by atoms with Crippen molar-refractivity contribution in [2.24, 2.45) is 5.92 Å². The van der Waals surface area contributed by atoms with Crippen molar-refractivity contribution in [1.29, 1.82) is 0 Å². The number of carbonyl (C=O) groups excluding carboxylic acids is 1. The summed E-state index contributed by atoms with van der Waals surface area (Å²) in [5, 5.41) is 2.24. The minimum absolute atomic E-state index is 0.00126. The summed E-state index contributed by atoms with van der Waals surface area (Å²) in [6.07, 6.45) is 0.821. The van der Waals surface area contributed by atoms with Gasteiger partial charge in [-0.05, 0) is 24.5 Å². The van der Waals surface area contributed by atoms with Crippen LogP contribution in [-0.4, -0.2) is 20.4 Å². The molecule has 0 aliphatic heterocycles. The van der Waals surface area contributed by atoms with Crippen molar-refractivity contribution >= 4 is 37.2 Å². The highest BCUT2D eigenvalue weighted by molar-refractivity contribution is 8.13. The molecule has 4 nitrogen and oxygen atoms in total. The largest absolute Gasteiger partial charge is 0.349 e. The lowest BCUT2D eigenvalue weighted by molar-refractivity contribution is 0.0945. The van der Waals surface area contributed by atoms with E-state index in [0.29, 0.717) is 5.92 Å². The van der Waals surface area contributed by atoms with E-state index in [4.69, 9.17) is 22.3 Å². The van der Waals surface area contributed by atoms with Crippen LogP contribution in [0.2, 0.25) is 5.02 Å². The number of carbonyl (C=O) groups is 1. The number of hydrogen-bond acceptors (Lipinski definition) is 3. The molecule has 0 spiro atoms. The fraction of sp³-hybridized carbons (Fsp3) is 0.364. The molecule has 1 saturated carbocycles. The maximum atomic E-state index is 13.7. The predicted molar refractivity (Wildman–Crippen MR) is 69.5 cm³/mol. The molecule has 2 unspecified atom stereocenters. The Bertz CT molecular complexity index is 648. The van der Waals surface area contributed by atoms with Crippen LogP contribution in [0.5, 0.6) is 0 Å². The lowest BCUT2D eigenvalue weighted by Crippen LogP contribution is -2.27. The number of rotatable bonds is 3. The van der Waals surface area contributed by atoms with Crippen LogP contribution in [0.15, 0.2) is 17.0 Å². The normalized spacial score (nSPS) is 22.1. The van der Waals surface area contributed by atoms with Gasteiger partial charge in [0.2, 0.25) is 0 Å². The number of amides is 1. The Balaban J connectivity index is 2.37. The molecule has 0 radical (unpaired) electrons. The second-order valence-electron chi connectivity index (χ2n) is 4.49. The van der Waals surface area contributed by atoms with Gasteiger partial charge in [-0.25, -0.2) is 12.8 Å². The molecular weight excluding hydrogens is 316 g/mol. The predicted octanol–water partition coefficient (Wildman–Crippen LogP) is 2.54. The van der Waals surface area contributed by atoms with Crippen molar-refractivity contribution in [1.82, 2.24) is 5.32 Å². The molecule has 1 aliphatic rings. The second-order valence-corrected chi connectivity index (χ2v) is 7.43. The molecule has 1 aromatic carbocycles. The number of halogens is 3. The van der Waals surface area contributed by atoms with E-state index in [0.717, 1.165) is 18.6 Å². The molecule has 2 rings (SSSR count). The lowest BCUT2D eigenvalue weighted by Gasteiger charge is -2.08. The zero-order chi connectivity index (χ0) is 14.4. The number of hydrogen-bond donors (Lipinski definition) is 1. The Hall–Kier alpha value is -0.850. The van der Waals surface area contributed by atoms with Crippen molar-refractivity contribution in [2.45, 2.75) is 24.3 Å². The third kappa shape index (κ3) is 3.19. The molecule has 1 aliphatic carbocycles. The van der Waals surface area contributed by atoms with E-state index in [9.17, 15) is 17.6 Å². The minimum Gasteiger partial charge on any atom is -0.349 e. The van der Waals surface area contributed by atoms with E-state index in [-0.39, 0.29) is 16.6 Å². The SMILES string of the molecule is CC1CC1NC(=O)c1cc(S(=O)(=O)Cl)c(Cl)cc1F. The Labute approximate surface area is 119 Å². The smallest absolute Gasteiger partial charge is 0.262 e. The first-order chi connectivity index (χ1) is 8.70. The summed E-state index contributed by atoms with van der Waals surface area (Å²) >= 11 is 5.60. The Morgan fingerprint density at radius 3 is 2.53 bits per heavy atom. The lowest BCUT2D eigenvalue weighted by atomic mass is 10.2. The molecule has 0 heterocycles. The van der Waals surface area contributed by atoms with Gasteiger partial charge in [0.05, 0.1) is 10.6 Å². The van der Waals surface area contributed by atoms with Gasteiger partial charge in [-0.15, -0.1) is 0 Å². The first kappa shape index (κ1) is 14.6. The van der Waals surface area contributed by atoms with Crippen LogP contribution in [-0.2, 0) is 9.05 Å². The van der Waals surface area contributed by atoms with Gasteiger partial charge >= 0.3 is 0 Å². The average molecular weight is 326 g/mol. The van der Waals surface area contributed by atoms with Crippen LogP contribution >= 0.6 is 22.3 Å². The third-order valence-electron chi connectivity index (χ3n) is 2.95. The number of nitrogens with one attached hydrogen (secondary N) is 1. The highest BCUT2D eigenvalue weighted by Crippen LogP contribution is 2.31. The maximum Gasteiger partial charge on any atom is 0.262 e. The van der Waals surface area contributed by atoms with E-state index in [1.165, 1.54) is 0 Å².